The van der Waals surface area contributed by atoms with Crippen molar-refractivity contribution in [3.8, 4) is 0 Å². The predicted octanol–water partition coefficient (Wildman–Crippen LogP) is 0.874. The lowest BCUT2D eigenvalue weighted by Gasteiger charge is -2.43. The molecule has 90 valence electrons. The van der Waals surface area contributed by atoms with E-state index in [-0.39, 0.29) is 0 Å². The van der Waals surface area contributed by atoms with Gasteiger partial charge in [0.05, 0.1) is 6.54 Å². The Morgan fingerprint density at radius 3 is 2.44 bits per heavy atom. The van der Waals surface area contributed by atoms with Crippen LogP contribution in [0.5, 0.6) is 0 Å². The molecule has 2 rings (SSSR count). The summed E-state index contributed by atoms with van der Waals surface area (Å²) >= 11 is 0. The molecular formula is C12H22N4. The van der Waals surface area contributed by atoms with E-state index < -0.39 is 0 Å². The highest BCUT2D eigenvalue weighted by atomic mass is 15.4. The lowest BCUT2D eigenvalue weighted by molar-refractivity contribution is 0.0970. The van der Waals surface area contributed by atoms with Gasteiger partial charge in [-0.3, -0.25) is 4.90 Å². The standard InChI is InChI=1S/C12H22N4/c1-9-5-13-12(14-6-9)16-7-10(2)15(4)11(3)8-16/h5,10-11H,6-8H2,1-4H3,(H,13,14)/t10-,11+. The zero-order chi connectivity index (χ0) is 11.7. The number of nitrogens with one attached hydrogen (secondary N) is 1. The maximum Gasteiger partial charge on any atom is 0.198 e. The number of hydrogen-bond donors (Lipinski definition) is 1. The van der Waals surface area contributed by atoms with Crippen molar-refractivity contribution in [3.63, 3.8) is 0 Å². The van der Waals surface area contributed by atoms with E-state index in [0.29, 0.717) is 12.1 Å². The normalized spacial score (nSPS) is 31.9. The summed E-state index contributed by atoms with van der Waals surface area (Å²) in [7, 11) is 2.20. The zero-order valence-electron chi connectivity index (χ0n) is 10.7. The third-order valence-electron chi connectivity index (χ3n) is 3.59. The summed E-state index contributed by atoms with van der Waals surface area (Å²) in [5, 5.41) is 3.29. The second kappa shape index (κ2) is 4.45. The van der Waals surface area contributed by atoms with Crippen LogP contribution in [0.1, 0.15) is 20.8 Å². The van der Waals surface area contributed by atoms with Gasteiger partial charge in [-0.1, -0.05) is 0 Å². The molecule has 0 spiro atoms. The van der Waals surface area contributed by atoms with Gasteiger partial charge in [0.15, 0.2) is 5.96 Å². The van der Waals surface area contributed by atoms with Crippen molar-refractivity contribution in [2.24, 2.45) is 4.99 Å². The summed E-state index contributed by atoms with van der Waals surface area (Å²) in [5.74, 6) is 1.04. The van der Waals surface area contributed by atoms with Crippen LogP contribution in [0.15, 0.2) is 16.8 Å². The van der Waals surface area contributed by atoms with Gasteiger partial charge in [0.1, 0.15) is 0 Å². The van der Waals surface area contributed by atoms with Gasteiger partial charge >= 0.3 is 0 Å². The van der Waals surface area contributed by atoms with Crippen LogP contribution >= 0.6 is 0 Å². The Labute approximate surface area is 98.0 Å². The van der Waals surface area contributed by atoms with E-state index in [9.17, 15) is 0 Å². The van der Waals surface area contributed by atoms with Crippen molar-refractivity contribution in [1.29, 1.82) is 0 Å². The molecule has 0 aromatic heterocycles. The Balaban J connectivity index is 2.01. The molecule has 0 saturated carbocycles. The highest BCUT2D eigenvalue weighted by molar-refractivity contribution is 5.82. The molecular weight excluding hydrogens is 200 g/mol. The van der Waals surface area contributed by atoms with Crippen molar-refractivity contribution in [2.45, 2.75) is 32.9 Å². The van der Waals surface area contributed by atoms with Gasteiger partial charge in [0.25, 0.3) is 0 Å². The van der Waals surface area contributed by atoms with Crippen LogP contribution in [-0.4, -0.2) is 54.5 Å². The molecule has 2 aliphatic heterocycles. The first-order valence-electron chi connectivity index (χ1n) is 6.01. The van der Waals surface area contributed by atoms with E-state index in [1.165, 1.54) is 5.57 Å². The lowest BCUT2D eigenvalue weighted by Crippen LogP contribution is -2.58. The topological polar surface area (TPSA) is 30.9 Å². The minimum absolute atomic E-state index is 0.584. The molecule has 1 saturated heterocycles. The van der Waals surface area contributed by atoms with E-state index in [1.807, 2.05) is 0 Å². The van der Waals surface area contributed by atoms with Crippen LogP contribution in [0.25, 0.3) is 0 Å². The Hall–Kier alpha value is -1.03. The smallest absolute Gasteiger partial charge is 0.198 e. The highest BCUT2D eigenvalue weighted by Gasteiger charge is 2.28. The quantitative estimate of drug-likeness (QED) is 0.660. The number of rotatable bonds is 0. The molecule has 0 radical (unpaired) electrons. The highest BCUT2D eigenvalue weighted by Crippen LogP contribution is 2.14. The van der Waals surface area contributed by atoms with Gasteiger partial charge in [-0.2, -0.15) is 0 Å². The van der Waals surface area contributed by atoms with Gasteiger partial charge in [-0.25, -0.2) is 4.99 Å². The first-order valence-corrected chi connectivity index (χ1v) is 6.01. The molecule has 0 unspecified atom stereocenters. The van der Waals surface area contributed by atoms with E-state index in [1.54, 1.807) is 0 Å². The van der Waals surface area contributed by atoms with Crippen molar-refractivity contribution in [3.05, 3.63) is 11.8 Å². The molecule has 0 aromatic carbocycles. The fourth-order valence-electron chi connectivity index (χ4n) is 2.25. The minimum Gasteiger partial charge on any atom is -0.340 e. The van der Waals surface area contributed by atoms with Crippen molar-refractivity contribution < 1.29 is 0 Å². The van der Waals surface area contributed by atoms with Crippen molar-refractivity contribution in [2.75, 3.05) is 26.7 Å². The molecule has 0 amide bonds. The van der Waals surface area contributed by atoms with Crippen LogP contribution in [0.2, 0.25) is 0 Å². The zero-order valence-corrected chi connectivity index (χ0v) is 10.7. The monoisotopic (exact) mass is 222 g/mol. The second-order valence-electron chi connectivity index (χ2n) is 5.04. The third kappa shape index (κ3) is 2.21. The number of guanidine groups is 1. The van der Waals surface area contributed by atoms with Crippen LogP contribution in [0.3, 0.4) is 0 Å². The van der Waals surface area contributed by atoms with Crippen molar-refractivity contribution in [1.82, 2.24) is 15.1 Å². The molecule has 2 heterocycles. The van der Waals surface area contributed by atoms with Crippen LogP contribution in [0.4, 0.5) is 0 Å². The molecule has 0 aliphatic carbocycles. The van der Waals surface area contributed by atoms with Gasteiger partial charge < -0.3 is 10.2 Å². The Bertz CT molecular complexity index is 309. The number of nitrogens with zero attached hydrogens (tertiary/aromatic N) is 3. The van der Waals surface area contributed by atoms with E-state index in [2.05, 4.69) is 54.1 Å². The third-order valence-corrected chi connectivity index (χ3v) is 3.59. The predicted molar refractivity (Wildman–Crippen MR) is 67.5 cm³/mol. The average molecular weight is 222 g/mol. The number of likely N-dealkylation sites (N-methyl/N-ethyl adjacent to an activating group) is 1. The number of aliphatic imine (C=N–C) groups is 1. The van der Waals surface area contributed by atoms with Gasteiger partial charge in [-0.15, -0.1) is 0 Å². The Morgan fingerprint density at radius 2 is 1.94 bits per heavy atom. The fraction of sp³-hybridized carbons (Fsp3) is 0.750. The SMILES string of the molecule is CC1=CNC(N2C[C@@H](C)N(C)[C@@H](C)C2)=NC1. The molecule has 2 atom stereocenters. The molecule has 16 heavy (non-hydrogen) atoms. The summed E-state index contributed by atoms with van der Waals surface area (Å²) in [6.45, 7) is 9.58. The summed E-state index contributed by atoms with van der Waals surface area (Å²) in [6.07, 6.45) is 2.07. The van der Waals surface area contributed by atoms with E-state index in [4.69, 9.17) is 0 Å². The van der Waals surface area contributed by atoms with Gasteiger partial charge in [-0.05, 0) is 33.4 Å². The van der Waals surface area contributed by atoms with Gasteiger partial charge in [0.2, 0.25) is 0 Å². The van der Waals surface area contributed by atoms with Crippen LogP contribution in [0, 0.1) is 0 Å². The molecule has 1 N–H and O–H groups in total. The summed E-state index contributed by atoms with van der Waals surface area (Å²) in [4.78, 5) is 9.36. The number of piperazine rings is 1. The summed E-state index contributed by atoms with van der Waals surface area (Å²) in [5.41, 5.74) is 1.29. The second-order valence-corrected chi connectivity index (χ2v) is 5.04. The number of hydrogen-bond acceptors (Lipinski definition) is 4. The maximum absolute atomic E-state index is 4.57. The molecule has 0 bridgehead atoms. The Kier molecular flexibility index (Phi) is 3.19. The molecule has 4 heteroatoms. The lowest BCUT2D eigenvalue weighted by atomic mass is 10.1. The summed E-state index contributed by atoms with van der Waals surface area (Å²) in [6, 6.07) is 1.17. The van der Waals surface area contributed by atoms with Crippen LogP contribution < -0.4 is 5.32 Å². The minimum atomic E-state index is 0.584. The molecule has 1 fully saturated rings. The summed E-state index contributed by atoms with van der Waals surface area (Å²) < 4.78 is 0. The molecule has 2 aliphatic rings. The van der Waals surface area contributed by atoms with Gasteiger partial charge in [0, 0.05) is 31.4 Å². The maximum atomic E-state index is 4.57. The first kappa shape index (κ1) is 11.5. The van der Waals surface area contributed by atoms with Crippen molar-refractivity contribution >= 4 is 5.96 Å². The Morgan fingerprint density at radius 1 is 1.31 bits per heavy atom. The average Bonchev–Trinajstić information content (AvgIpc) is 2.26. The largest absolute Gasteiger partial charge is 0.340 e. The van der Waals surface area contributed by atoms with Crippen LogP contribution in [-0.2, 0) is 0 Å². The van der Waals surface area contributed by atoms with E-state index >= 15 is 0 Å². The van der Waals surface area contributed by atoms with E-state index in [0.717, 1.165) is 25.6 Å². The molecule has 4 nitrogen and oxygen atoms in total. The molecule has 0 aromatic rings. The first-order chi connectivity index (χ1) is 7.58. The fourth-order valence-corrected chi connectivity index (χ4v) is 2.25.